The van der Waals surface area contributed by atoms with E-state index >= 15 is 0 Å². The smallest absolute Gasteiger partial charge is 0.228 e. The maximum Gasteiger partial charge on any atom is 0.228 e. The predicted molar refractivity (Wildman–Crippen MR) is 85.9 cm³/mol. The molecule has 2 aromatic rings. The second-order valence-corrected chi connectivity index (χ2v) is 5.79. The summed E-state index contributed by atoms with van der Waals surface area (Å²) >= 11 is 0. The Bertz CT molecular complexity index is 668. The highest BCUT2D eigenvalue weighted by atomic mass is 16.5. The normalized spacial score (nSPS) is 17.1. The lowest BCUT2D eigenvalue weighted by Gasteiger charge is -2.33. The van der Waals surface area contributed by atoms with Crippen molar-refractivity contribution in [3.63, 3.8) is 0 Å². The minimum atomic E-state index is 0.0966. The Labute approximate surface area is 136 Å². The van der Waals surface area contributed by atoms with Crippen LogP contribution in [-0.2, 0) is 29.0 Å². The van der Waals surface area contributed by atoms with Crippen molar-refractivity contribution in [3.05, 3.63) is 47.5 Å². The average Bonchev–Trinajstić information content (AvgIpc) is 2.99. The molecule has 122 valence electrons. The van der Waals surface area contributed by atoms with E-state index in [9.17, 15) is 4.79 Å². The number of methoxy groups -OCH3 is 1. The first kappa shape index (κ1) is 15.7. The molecule has 0 bridgehead atoms. The van der Waals surface area contributed by atoms with E-state index in [0.29, 0.717) is 26.1 Å². The number of aromatic nitrogens is 3. The summed E-state index contributed by atoms with van der Waals surface area (Å²) in [6.45, 7) is 4.73. The highest BCUT2D eigenvalue weighted by Crippen LogP contribution is 2.29. The summed E-state index contributed by atoms with van der Waals surface area (Å²) in [6.07, 6.45) is 3.97. The Morgan fingerprint density at radius 1 is 1.43 bits per heavy atom. The lowest BCUT2D eigenvalue weighted by atomic mass is 9.95. The van der Waals surface area contributed by atoms with Crippen LogP contribution in [0.25, 0.3) is 0 Å². The largest absolute Gasteiger partial charge is 0.384 e. The minimum absolute atomic E-state index is 0.0966. The molecule has 0 N–H and O–H groups in total. The summed E-state index contributed by atoms with van der Waals surface area (Å²) in [5, 5.41) is 4.44. The highest BCUT2D eigenvalue weighted by Gasteiger charge is 2.31. The molecule has 1 unspecified atom stereocenters. The van der Waals surface area contributed by atoms with E-state index in [2.05, 4.69) is 17.0 Å². The number of amides is 1. The lowest BCUT2D eigenvalue weighted by molar-refractivity contribution is -0.132. The van der Waals surface area contributed by atoms with E-state index in [-0.39, 0.29) is 11.8 Å². The van der Waals surface area contributed by atoms with E-state index in [1.54, 1.807) is 13.3 Å². The number of carbonyl (C=O) groups excluding carboxylic acids is 1. The quantitative estimate of drug-likeness (QED) is 0.841. The van der Waals surface area contributed by atoms with Crippen molar-refractivity contribution in [2.75, 3.05) is 20.3 Å². The molecular weight excluding hydrogens is 292 g/mol. The SMILES string of the molecule is CCn1ncc2c1CN(C(=O)Cc1ccccn1)CC2COC. The monoisotopic (exact) mass is 314 g/mol. The van der Waals surface area contributed by atoms with Gasteiger partial charge < -0.3 is 9.64 Å². The van der Waals surface area contributed by atoms with Crippen LogP contribution in [0.2, 0.25) is 0 Å². The first-order chi connectivity index (χ1) is 11.2. The van der Waals surface area contributed by atoms with Gasteiger partial charge in [0.25, 0.3) is 0 Å². The molecule has 0 radical (unpaired) electrons. The summed E-state index contributed by atoms with van der Waals surface area (Å²) in [4.78, 5) is 18.8. The van der Waals surface area contributed by atoms with Gasteiger partial charge in [0.15, 0.2) is 0 Å². The Balaban J connectivity index is 1.80. The van der Waals surface area contributed by atoms with Gasteiger partial charge in [0.05, 0.1) is 31.5 Å². The summed E-state index contributed by atoms with van der Waals surface area (Å²) in [6, 6.07) is 5.65. The summed E-state index contributed by atoms with van der Waals surface area (Å²) in [5.41, 5.74) is 3.13. The van der Waals surface area contributed by atoms with Gasteiger partial charge in [-0.1, -0.05) is 6.07 Å². The molecule has 6 heteroatoms. The molecule has 0 saturated heterocycles. The Kier molecular flexibility index (Phi) is 4.71. The molecule has 3 rings (SSSR count). The maximum absolute atomic E-state index is 12.7. The summed E-state index contributed by atoms with van der Waals surface area (Å²) in [5.74, 6) is 0.274. The molecule has 2 aromatic heterocycles. The van der Waals surface area contributed by atoms with E-state index < -0.39 is 0 Å². The van der Waals surface area contributed by atoms with Crippen LogP contribution in [0.4, 0.5) is 0 Å². The second-order valence-electron chi connectivity index (χ2n) is 5.79. The van der Waals surface area contributed by atoms with Crippen LogP contribution in [0.5, 0.6) is 0 Å². The van der Waals surface area contributed by atoms with Crippen molar-refractivity contribution < 1.29 is 9.53 Å². The molecular formula is C17H22N4O2. The van der Waals surface area contributed by atoms with Crippen LogP contribution in [0.1, 0.15) is 29.8 Å². The molecule has 1 aliphatic rings. The van der Waals surface area contributed by atoms with Crippen LogP contribution in [0, 0.1) is 0 Å². The van der Waals surface area contributed by atoms with Gasteiger partial charge in [0, 0.05) is 43.6 Å². The number of fused-ring (bicyclic) bond motifs is 1. The van der Waals surface area contributed by atoms with Crippen molar-refractivity contribution in [1.82, 2.24) is 19.7 Å². The third-order valence-corrected chi connectivity index (χ3v) is 4.28. The minimum Gasteiger partial charge on any atom is -0.384 e. The summed E-state index contributed by atoms with van der Waals surface area (Å²) < 4.78 is 7.31. The van der Waals surface area contributed by atoms with E-state index in [0.717, 1.165) is 17.9 Å². The fraction of sp³-hybridized carbons (Fsp3) is 0.471. The van der Waals surface area contributed by atoms with E-state index in [1.807, 2.05) is 34.0 Å². The van der Waals surface area contributed by atoms with Gasteiger partial charge >= 0.3 is 0 Å². The fourth-order valence-electron chi connectivity index (χ4n) is 3.12. The van der Waals surface area contributed by atoms with Crippen molar-refractivity contribution >= 4 is 5.91 Å². The molecule has 23 heavy (non-hydrogen) atoms. The number of carbonyl (C=O) groups is 1. The van der Waals surface area contributed by atoms with Gasteiger partial charge in [0.1, 0.15) is 0 Å². The van der Waals surface area contributed by atoms with Crippen LogP contribution < -0.4 is 0 Å². The molecule has 1 atom stereocenters. The zero-order valence-electron chi connectivity index (χ0n) is 13.6. The Hall–Kier alpha value is -2.21. The Morgan fingerprint density at radius 2 is 2.30 bits per heavy atom. The van der Waals surface area contributed by atoms with E-state index in [4.69, 9.17) is 4.74 Å². The first-order valence-corrected chi connectivity index (χ1v) is 7.94. The van der Waals surface area contributed by atoms with Crippen molar-refractivity contribution in [3.8, 4) is 0 Å². The van der Waals surface area contributed by atoms with Gasteiger partial charge in [-0.25, -0.2) is 0 Å². The van der Waals surface area contributed by atoms with Crippen LogP contribution in [0.3, 0.4) is 0 Å². The molecule has 0 spiro atoms. The van der Waals surface area contributed by atoms with Crippen molar-refractivity contribution in [1.29, 1.82) is 0 Å². The number of aryl methyl sites for hydroxylation is 1. The molecule has 0 aliphatic carbocycles. The topological polar surface area (TPSA) is 60.2 Å². The number of nitrogens with zero attached hydrogens (tertiary/aromatic N) is 4. The molecule has 6 nitrogen and oxygen atoms in total. The second kappa shape index (κ2) is 6.91. The van der Waals surface area contributed by atoms with Crippen LogP contribution in [-0.4, -0.2) is 45.8 Å². The summed E-state index contributed by atoms with van der Waals surface area (Å²) in [7, 11) is 1.69. The van der Waals surface area contributed by atoms with E-state index in [1.165, 1.54) is 5.56 Å². The third kappa shape index (κ3) is 3.27. The lowest BCUT2D eigenvalue weighted by Crippen LogP contribution is -2.40. The molecule has 1 aliphatic heterocycles. The fourth-order valence-corrected chi connectivity index (χ4v) is 3.12. The zero-order chi connectivity index (χ0) is 16.2. The standard InChI is InChI=1S/C17H22N4O2/c1-3-21-16-11-20(10-13(12-23-2)15(16)9-19-21)17(22)8-14-6-4-5-7-18-14/h4-7,9,13H,3,8,10-12H2,1-2H3. The molecule has 0 aromatic carbocycles. The van der Waals surface area contributed by atoms with Gasteiger partial charge in [0.2, 0.25) is 5.91 Å². The molecule has 0 saturated carbocycles. The number of hydrogen-bond donors (Lipinski definition) is 0. The van der Waals surface area contributed by atoms with Gasteiger partial charge in [-0.05, 0) is 19.1 Å². The highest BCUT2D eigenvalue weighted by molar-refractivity contribution is 5.78. The van der Waals surface area contributed by atoms with Crippen molar-refractivity contribution in [2.45, 2.75) is 32.4 Å². The van der Waals surface area contributed by atoms with Gasteiger partial charge in [-0.2, -0.15) is 5.10 Å². The number of hydrogen-bond acceptors (Lipinski definition) is 4. The average molecular weight is 314 g/mol. The zero-order valence-corrected chi connectivity index (χ0v) is 13.6. The molecule has 1 amide bonds. The first-order valence-electron chi connectivity index (χ1n) is 7.94. The molecule has 3 heterocycles. The van der Waals surface area contributed by atoms with Crippen LogP contribution in [0.15, 0.2) is 30.6 Å². The van der Waals surface area contributed by atoms with Gasteiger partial charge in [-0.3, -0.25) is 14.5 Å². The van der Waals surface area contributed by atoms with Gasteiger partial charge in [-0.15, -0.1) is 0 Å². The number of pyridine rings is 1. The maximum atomic E-state index is 12.7. The van der Waals surface area contributed by atoms with Crippen LogP contribution >= 0.6 is 0 Å². The molecule has 0 fully saturated rings. The van der Waals surface area contributed by atoms with Crippen molar-refractivity contribution in [2.24, 2.45) is 0 Å². The third-order valence-electron chi connectivity index (χ3n) is 4.28. The number of rotatable bonds is 5. The predicted octanol–water partition coefficient (Wildman–Crippen LogP) is 1.61. The Morgan fingerprint density at radius 3 is 3.00 bits per heavy atom. The number of ether oxygens (including phenoxy) is 1.